The number of amidine groups is 1. The van der Waals surface area contributed by atoms with Gasteiger partial charge in [0.15, 0.2) is 5.17 Å². The lowest BCUT2D eigenvalue weighted by Crippen LogP contribution is -2.54. The molecule has 1 heterocycles. The summed E-state index contributed by atoms with van der Waals surface area (Å²) >= 11 is 1.51. The Morgan fingerprint density at radius 1 is 1.17 bits per heavy atom. The van der Waals surface area contributed by atoms with E-state index in [1.165, 1.54) is 17.3 Å². The van der Waals surface area contributed by atoms with E-state index in [-0.39, 0.29) is 29.5 Å². The molecule has 1 aliphatic heterocycles. The van der Waals surface area contributed by atoms with Crippen LogP contribution >= 0.6 is 11.8 Å². The van der Waals surface area contributed by atoms with E-state index in [9.17, 15) is 15.0 Å². The van der Waals surface area contributed by atoms with Crippen molar-refractivity contribution in [1.82, 2.24) is 5.32 Å². The van der Waals surface area contributed by atoms with Crippen LogP contribution in [0.1, 0.15) is 57.4 Å². The van der Waals surface area contributed by atoms with Crippen LogP contribution in [0.15, 0.2) is 29.3 Å². The molecular formula is C22H31N3O3S. The van der Waals surface area contributed by atoms with Crippen molar-refractivity contribution in [3.63, 3.8) is 0 Å². The van der Waals surface area contributed by atoms with Gasteiger partial charge in [0.05, 0.1) is 18.1 Å². The molecule has 3 aliphatic rings. The number of benzene rings is 1. The third-order valence-electron chi connectivity index (χ3n) is 6.35. The Labute approximate surface area is 176 Å². The summed E-state index contributed by atoms with van der Waals surface area (Å²) in [5.41, 5.74) is 2.20. The number of anilines is 1. The van der Waals surface area contributed by atoms with E-state index in [0.29, 0.717) is 11.1 Å². The number of nitrogens with zero attached hydrogens (tertiary/aromatic N) is 1. The molecule has 2 aliphatic carbocycles. The van der Waals surface area contributed by atoms with Crippen LogP contribution in [0.4, 0.5) is 5.69 Å². The number of carbonyl (C=O) groups is 1. The van der Waals surface area contributed by atoms with Gasteiger partial charge in [0.1, 0.15) is 6.10 Å². The number of fused-ring (bicyclic) bond motifs is 1. The molecule has 158 valence electrons. The van der Waals surface area contributed by atoms with Gasteiger partial charge < -0.3 is 20.8 Å². The summed E-state index contributed by atoms with van der Waals surface area (Å²) in [5, 5.41) is 27.8. The van der Waals surface area contributed by atoms with Gasteiger partial charge in [0.25, 0.3) is 0 Å². The van der Waals surface area contributed by atoms with Gasteiger partial charge in [0.2, 0.25) is 5.91 Å². The molecule has 1 aromatic carbocycles. The summed E-state index contributed by atoms with van der Waals surface area (Å²) in [4.78, 5) is 17.6. The minimum absolute atomic E-state index is 0.0110. The van der Waals surface area contributed by atoms with Crippen LogP contribution in [0.5, 0.6) is 0 Å². The summed E-state index contributed by atoms with van der Waals surface area (Å²) in [7, 11) is 0. The number of nitrogens with one attached hydrogen (secondary N) is 2. The number of carbonyl (C=O) groups excluding carboxylic acids is 1. The average Bonchev–Trinajstić information content (AvgIpc) is 3.35. The lowest BCUT2D eigenvalue weighted by atomic mass is 9.81. The highest BCUT2D eigenvalue weighted by Crippen LogP contribution is 2.41. The van der Waals surface area contributed by atoms with Gasteiger partial charge in [-0.2, -0.15) is 0 Å². The van der Waals surface area contributed by atoms with E-state index in [4.69, 9.17) is 0 Å². The quantitative estimate of drug-likeness (QED) is 0.604. The molecule has 0 bridgehead atoms. The van der Waals surface area contributed by atoms with E-state index in [1.54, 1.807) is 0 Å². The highest BCUT2D eigenvalue weighted by molar-refractivity contribution is 8.15. The number of rotatable bonds is 4. The van der Waals surface area contributed by atoms with Gasteiger partial charge in [-0.25, -0.2) is 0 Å². The van der Waals surface area contributed by atoms with Gasteiger partial charge in [-0.15, -0.1) is 0 Å². The number of hydrogen-bond donors (Lipinski definition) is 4. The first kappa shape index (κ1) is 20.7. The normalized spacial score (nSPS) is 32.2. The van der Waals surface area contributed by atoms with Gasteiger partial charge in [-0.05, 0) is 42.9 Å². The lowest BCUT2D eigenvalue weighted by Gasteiger charge is -2.37. The maximum atomic E-state index is 12.9. The Bertz CT molecular complexity index is 761. The van der Waals surface area contributed by atoms with Crippen molar-refractivity contribution in [2.24, 2.45) is 10.9 Å². The third-order valence-corrected chi connectivity index (χ3v) is 7.66. The minimum Gasteiger partial charge on any atom is -0.390 e. The molecule has 5 atom stereocenters. The molecule has 0 aromatic heterocycles. The number of thioether (sulfide) groups is 1. The smallest absolute Gasteiger partial charge is 0.224 e. The van der Waals surface area contributed by atoms with Crippen molar-refractivity contribution in [3.8, 4) is 0 Å². The summed E-state index contributed by atoms with van der Waals surface area (Å²) in [5.74, 6) is 0.111. The van der Waals surface area contributed by atoms with Crippen molar-refractivity contribution in [2.75, 3.05) is 5.32 Å². The summed E-state index contributed by atoms with van der Waals surface area (Å²) in [6.45, 7) is 4.32. The fourth-order valence-corrected chi connectivity index (χ4v) is 5.94. The average molecular weight is 418 g/mol. The first-order chi connectivity index (χ1) is 13.9. The Morgan fingerprint density at radius 2 is 1.86 bits per heavy atom. The zero-order chi connectivity index (χ0) is 20.5. The SMILES string of the molecule is CC(C)c1ccc(NC2=N[C@H]3[C@@H](O)[C@H](O)C[C@H](C(=O)NC4CCCC4)[C@H]3S2)cc1. The van der Waals surface area contributed by atoms with E-state index >= 15 is 0 Å². The summed E-state index contributed by atoms with van der Waals surface area (Å²) in [6.07, 6.45) is 2.78. The molecule has 1 aromatic rings. The van der Waals surface area contributed by atoms with Crippen LogP contribution in [0, 0.1) is 5.92 Å². The largest absolute Gasteiger partial charge is 0.390 e. The van der Waals surface area contributed by atoms with Crippen molar-refractivity contribution in [3.05, 3.63) is 29.8 Å². The molecule has 0 spiro atoms. The molecule has 2 fully saturated rings. The first-order valence-electron chi connectivity index (χ1n) is 10.7. The molecule has 6 nitrogen and oxygen atoms in total. The molecule has 0 saturated heterocycles. The molecule has 29 heavy (non-hydrogen) atoms. The minimum atomic E-state index is -0.939. The fourth-order valence-electron chi connectivity index (χ4n) is 4.56. The Hall–Kier alpha value is -1.57. The monoisotopic (exact) mass is 417 g/mol. The second kappa shape index (κ2) is 8.66. The summed E-state index contributed by atoms with van der Waals surface area (Å²) in [6, 6.07) is 8.01. The molecule has 4 N–H and O–H groups in total. The maximum absolute atomic E-state index is 12.9. The van der Waals surface area contributed by atoms with Crippen molar-refractivity contribution >= 4 is 28.5 Å². The molecule has 1 amide bonds. The van der Waals surface area contributed by atoms with Crippen LogP contribution in [-0.4, -0.2) is 50.8 Å². The van der Waals surface area contributed by atoms with Gasteiger partial charge in [-0.1, -0.05) is 50.6 Å². The molecule has 0 radical (unpaired) electrons. The highest BCUT2D eigenvalue weighted by atomic mass is 32.2. The maximum Gasteiger partial charge on any atom is 0.224 e. The zero-order valence-electron chi connectivity index (χ0n) is 17.0. The zero-order valence-corrected chi connectivity index (χ0v) is 17.9. The molecule has 7 heteroatoms. The van der Waals surface area contributed by atoms with E-state index in [1.807, 2.05) is 12.1 Å². The van der Waals surface area contributed by atoms with E-state index in [2.05, 4.69) is 41.6 Å². The lowest BCUT2D eigenvalue weighted by molar-refractivity contribution is -0.130. The van der Waals surface area contributed by atoms with Gasteiger partial charge in [-0.3, -0.25) is 9.79 Å². The second-order valence-corrected chi connectivity index (χ2v) is 9.97. The van der Waals surface area contributed by atoms with Gasteiger partial charge in [0, 0.05) is 17.0 Å². The van der Waals surface area contributed by atoms with Crippen LogP contribution in [0.3, 0.4) is 0 Å². The number of aliphatic hydroxyl groups is 2. The Balaban J connectivity index is 1.45. The highest BCUT2D eigenvalue weighted by Gasteiger charge is 2.50. The number of hydrogen-bond acceptors (Lipinski definition) is 6. The Kier molecular flexibility index (Phi) is 6.18. The van der Waals surface area contributed by atoms with E-state index in [0.717, 1.165) is 31.4 Å². The summed E-state index contributed by atoms with van der Waals surface area (Å²) < 4.78 is 0. The molecule has 2 saturated carbocycles. The standard InChI is InChI=1S/C22H31N3O3S/c1-12(2)13-7-9-15(10-8-13)24-22-25-18-19(27)17(26)11-16(20(18)29-22)21(28)23-14-5-3-4-6-14/h7-10,12,14,16-20,26-27H,3-6,11H2,1-2H3,(H,23,28)(H,24,25)/t16-,17+,18-,19-,20+/m0/s1. The number of aliphatic imine (C=N–C) groups is 1. The van der Waals surface area contributed by atoms with Crippen LogP contribution in [0.2, 0.25) is 0 Å². The molecule has 4 rings (SSSR count). The predicted molar refractivity (Wildman–Crippen MR) is 117 cm³/mol. The third kappa shape index (κ3) is 4.47. The first-order valence-corrected chi connectivity index (χ1v) is 11.6. The number of amides is 1. The van der Waals surface area contributed by atoms with Crippen molar-refractivity contribution in [2.45, 2.75) is 81.4 Å². The van der Waals surface area contributed by atoms with Crippen LogP contribution in [-0.2, 0) is 4.79 Å². The molecule has 0 unspecified atom stereocenters. The fraction of sp³-hybridized carbons (Fsp3) is 0.636. The number of aliphatic hydroxyl groups excluding tert-OH is 2. The second-order valence-electron chi connectivity index (χ2n) is 8.80. The van der Waals surface area contributed by atoms with Crippen molar-refractivity contribution < 1.29 is 15.0 Å². The van der Waals surface area contributed by atoms with Gasteiger partial charge >= 0.3 is 0 Å². The van der Waals surface area contributed by atoms with E-state index < -0.39 is 18.2 Å². The Morgan fingerprint density at radius 3 is 2.52 bits per heavy atom. The topological polar surface area (TPSA) is 94.0 Å². The molecular weight excluding hydrogens is 386 g/mol. The van der Waals surface area contributed by atoms with Crippen LogP contribution < -0.4 is 10.6 Å². The predicted octanol–water partition coefficient (Wildman–Crippen LogP) is 2.86. The van der Waals surface area contributed by atoms with Crippen molar-refractivity contribution in [1.29, 1.82) is 0 Å². The van der Waals surface area contributed by atoms with Crippen LogP contribution in [0.25, 0.3) is 0 Å².